The first-order valence-electron chi connectivity index (χ1n) is 8.30. The van der Waals surface area contributed by atoms with Crippen LogP contribution in [0.5, 0.6) is 0 Å². The van der Waals surface area contributed by atoms with Gasteiger partial charge in [0.25, 0.3) is 0 Å². The van der Waals surface area contributed by atoms with E-state index < -0.39 is 0 Å². The van der Waals surface area contributed by atoms with Crippen LogP contribution in [0.25, 0.3) is 0 Å². The summed E-state index contributed by atoms with van der Waals surface area (Å²) in [5.74, 6) is -0.124. The van der Waals surface area contributed by atoms with Gasteiger partial charge in [0.05, 0.1) is 5.69 Å². The molecule has 0 spiro atoms. The van der Waals surface area contributed by atoms with Crippen molar-refractivity contribution in [3.8, 4) is 0 Å². The average Bonchev–Trinajstić information content (AvgIpc) is 2.44. The van der Waals surface area contributed by atoms with E-state index in [9.17, 15) is 4.39 Å². The van der Waals surface area contributed by atoms with E-state index in [0.29, 0.717) is 6.04 Å². The molecule has 120 valence electrons. The van der Waals surface area contributed by atoms with Crippen molar-refractivity contribution in [2.45, 2.75) is 71.9 Å². The molecule has 0 aromatic heterocycles. The molecule has 1 aromatic rings. The largest absolute Gasteiger partial charge is 0.367 e. The molecule has 2 nitrogen and oxygen atoms in total. The lowest BCUT2D eigenvalue weighted by Gasteiger charge is -2.29. The van der Waals surface area contributed by atoms with Gasteiger partial charge in [-0.3, -0.25) is 0 Å². The van der Waals surface area contributed by atoms with E-state index in [1.54, 1.807) is 6.07 Å². The van der Waals surface area contributed by atoms with Crippen LogP contribution in [0.15, 0.2) is 18.2 Å². The van der Waals surface area contributed by atoms with Crippen LogP contribution in [0, 0.1) is 5.82 Å². The Bertz CT molecular complexity index is 418. The average molecular weight is 294 g/mol. The van der Waals surface area contributed by atoms with Gasteiger partial charge >= 0.3 is 0 Å². The smallest absolute Gasteiger partial charge is 0.146 e. The van der Waals surface area contributed by atoms with Gasteiger partial charge in [0, 0.05) is 18.6 Å². The molecule has 0 saturated heterocycles. The van der Waals surface area contributed by atoms with Gasteiger partial charge in [-0.1, -0.05) is 32.8 Å². The van der Waals surface area contributed by atoms with Crippen LogP contribution in [-0.4, -0.2) is 18.6 Å². The van der Waals surface area contributed by atoms with Crippen LogP contribution in [0.4, 0.5) is 10.1 Å². The van der Waals surface area contributed by atoms with E-state index >= 15 is 0 Å². The summed E-state index contributed by atoms with van der Waals surface area (Å²) in [4.78, 5) is 2.16. The molecule has 3 heteroatoms. The Hall–Kier alpha value is -1.09. The summed E-state index contributed by atoms with van der Waals surface area (Å²) >= 11 is 0. The van der Waals surface area contributed by atoms with E-state index in [1.165, 1.54) is 12.8 Å². The molecule has 2 N–H and O–H groups in total. The minimum Gasteiger partial charge on any atom is -0.367 e. The summed E-state index contributed by atoms with van der Waals surface area (Å²) in [6, 6.07) is 6.00. The topological polar surface area (TPSA) is 29.3 Å². The summed E-state index contributed by atoms with van der Waals surface area (Å²) in [6.07, 6.45) is 5.14. The summed E-state index contributed by atoms with van der Waals surface area (Å²) in [5.41, 5.74) is 7.66. The van der Waals surface area contributed by atoms with Gasteiger partial charge in [-0.25, -0.2) is 4.39 Å². The SMILES string of the molecule is CCCCCN(c1ccc(CC(N)CC)cc1F)C(C)C. The van der Waals surface area contributed by atoms with E-state index in [1.807, 2.05) is 12.1 Å². The second-order valence-electron chi connectivity index (χ2n) is 6.15. The summed E-state index contributed by atoms with van der Waals surface area (Å²) in [6.45, 7) is 9.39. The lowest BCUT2D eigenvalue weighted by Crippen LogP contribution is -2.32. The minimum absolute atomic E-state index is 0.112. The van der Waals surface area contributed by atoms with E-state index in [0.717, 1.165) is 37.1 Å². The van der Waals surface area contributed by atoms with Gasteiger partial charge in [0.15, 0.2) is 0 Å². The molecule has 1 unspecified atom stereocenters. The predicted molar refractivity (Wildman–Crippen MR) is 90.4 cm³/mol. The highest BCUT2D eigenvalue weighted by atomic mass is 19.1. The zero-order valence-electron chi connectivity index (χ0n) is 14.0. The van der Waals surface area contributed by atoms with Gasteiger partial charge in [0.2, 0.25) is 0 Å². The molecule has 0 heterocycles. The monoisotopic (exact) mass is 294 g/mol. The molecule has 0 saturated carbocycles. The third-order valence-corrected chi connectivity index (χ3v) is 3.97. The van der Waals surface area contributed by atoms with Crippen molar-refractivity contribution in [3.63, 3.8) is 0 Å². The maximum absolute atomic E-state index is 14.4. The van der Waals surface area contributed by atoms with E-state index in [-0.39, 0.29) is 11.9 Å². The number of unbranched alkanes of at least 4 members (excludes halogenated alkanes) is 2. The molecular formula is C18H31FN2. The molecule has 0 bridgehead atoms. The highest BCUT2D eigenvalue weighted by Crippen LogP contribution is 2.24. The number of benzene rings is 1. The first-order valence-corrected chi connectivity index (χ1v) is 8.30. The normalized spacial score (nSPS) is 12.7. The molecule has 1 rings (SSSR count). The number of nitrogens with two attached hydrogens (primary N) is 1. The van der Waals surface area contributed by atoms with Gasteiger partial charge in [-0.15, -0.1) is 0 Å². The fraction of sp³-hybridized carbons (Fsp3) is 0.667. The van der Waals surface area contributed by atoms with Crippen molar-refractivity contribution in [2.24, 2.45) is 5.73 Å². The van der Waals surface area contributed by atoms with Gasteiger partial charge < -0.3 is 10.6 Å². The number of hydrogen-bond donors (Lipinski definition) is 1. The van der Waals surface area contributed by atoms with Crippen LogP contribution in [-0.2, 0) is 6.42 Å². The molecule has 0 aliphatic rings. The maximum atomic E-state index is 14.4. The molecule has 0 radical (unpaired) electrons. The van der Waals surface area contributed by atoms with Crippen LogP contribution >= 0.6 is 0 Å². The Balaban J connectivity index is 2.84. The number of anilines is 1. The third-order valence-electron chi connectivity index (χ3n) is 3.97. The fourth-order valence-corrected chi connectivity index (χ4v) is 2.55. The van der Waals surface area contributed by atoms with Crippen molar-refractivity contribution >= 4 is 5.69 Å². The van der Waals surface area contributed by atoms with E-state index in [2.05, 4.69) is 32.6 Å². The minimum atomic E-state index is -0.124. The fourth-order valence-electron chi connectivity index (χ4n) is 2.55. The van der Waals surface area contributed by atoms with Crippen LogP contribution < -0.4 is 10.6 Å². The predicted octanol–water partition coefficient (Wildman–Crippen LogP) is 4.51. The maximum Gasteiger partial charge on any atom is 0.146 e. The van der Waals surface area contributed by atoms with Crippen molar-refractivity contribution in [2.75, 3.05) is 11.4 Å². The zero-order chi connectivity index (χ0) is 15.8. The highest BCUT2D eigenvalue weighted by Gasteiger charge is 2.15. The van der Waals surface area contributed by atoms with Gasteiger partial charge in [0.1, 0.15) is 5.82 Å². The Kier molecular flexibility index (Phi) is 7.73. The Morgan fingerprint density at radius 3 is 2.43 bits per heavy atom. The molecular weight excluding hydrogens is 263 g/mol. The lowest BCUT2D eigenvalue weighted by molar-refractivity contribution is 0.579. The third kappa shape index (κ3) is 5.66. The quantitative estimate of drug-likeness (QED) is 0.679. The van der Waals surface area contributed by atoms with Crippen LogP contribution in [0.1, 0.15) is 58.9 Å². The first kappa shape index (κ1) is 18.0. The van der Waals surface area contributed by atoms with Gasteiger partial charge in [-0.2, -0.15) is 0 Å². The standard InChI is InChI=1S/C18H31FN2/c1-5-7-8-11-21(14(3)4)18-10-9-15(13-17(18)19)12-16(20)6-2/h9-10,13-14,16H,5-8,11-12,20H2,1-4H3. The zero-order valence-corrected chi connectivity index (χ0v) is 14.0. The van der Waals surface area contributed by atoms with Gasteiger partial charge in [-0.05, 0) is 50.8 Å². The molecule has 0 fully saturated rings. The molecule has 0 amide bonds. The Morgan fingerprint density at radius 2 is 1.90 bits per heavy atom. The second kappa shape index (κ2) is 9.04. The molecule has 1 aromatic carbocycles. The molecule has 0 aliphatic heterocycles. The summed E-state index contributed by atoms with van der Waals surface area (Å²) < 4.78 is 14.4. The van der Waals surface area contributed by atoms with Crippen LogP contribution in [0.2, 0.25) is 0 Å². The molecule has 21 heavy (non-hydrogen) atoms. The van der Waals surface area contributed by atoms with Crippen molar-refractivity contribution < 1.29 is 4.39 Å². The number of nitrogens with zero attached hydrogens (tertiary/aromatic N) is 1. The van der Waals surface area contributed by atoms with Crippen molar-refractivity contribution in [1.29, 1.82) is 0 Å². The lowest BCUT2D eigenvalue weighted by atomic mass is 10.0. The van der Waals surface area contributed by atoms with E-state index in [4.69, 9.17) is 5.73 Å². The molecule has 1 atom stereocenters. The molecule has 0 aliphatic carbocycles. The highest BCUT2D eigenvalue weighted by molar-refractivity contribution is 5.50. The van der Waals surface area contributed by atoms with Crippen LogP contribution in [0.3, 0.4) is 0 Å². The number of hydrogen-bond acceptors (Lipinski definition) is 2. The second-order valence-corrected chi connectivity index (χ2v) is 6.15. The summed E-state index contributed by atoms with van der Waals surface area (Å²) in [7, 11) is 0. The summed E-state index contributed by atoms with van der Waals surface area (Å²) in [5, 5.41) is 0. The Morgan fingerprint density at radius 1 is 1.19 bits per heavy atom. The van der Waals surface area contributed by atoms with Crippen molar-refractivity contribution in [3.05, 3.63) is 29.6 Å². The first-order chi connectivity index (χ1) is 9.99. The number of rotatable bonds is 9. The van der Waals surface area contributed by atoms with Crippen molar-refractivity contribution in [1.82, 2.24) is 0 Å². The Labute approximate surface area is 129 Å². The number of halogens is 1.